The number of rotatable bonds is 8. The Morgan fingerprint density at radius 3 is 2.66 bits per heavy atom. The van der Waals surface area contributed by atoms with E-state index in [-0.39, 0.29) is 53.1 Å². The first-order valence-corrected chi connectivity index (χ1v) is 15.5. The molecule has 11 heteroatoms. The van der Waals surface area contributed by atoms with Gasteiger partial charge in [-0.25, -0.2) is 8.42 Å². The molecular formula is C27H37N3O6S2. The summed E-state index contributed by atoms with van der Waals surface area (Å²) in [4.78, 5) is 28.1. The van der Waals surface area contributed by atoms with Gasteiger partial charge in [0.1, 0.15) is 16.1 Å². The first-order valence-electron chi connectivity index (χ1n) is 13.1. The van der Waals surface area contributed by atoms with Crippen LogP contribution in [0.25, 0.3) is 0 Å². The summed E-state index contributed by atoms with van der Waals surface area (Å²) in [7, 11) is -2.17. The molecule has 9 nitrogen and oxygen atoms in total. The first kappa shape index (κ1) is 28.5. The Morgan fingerprint density at radius 2 is 2.00 bits per heavy atom. The zero-order valence-corrected chi connectivity index (χ0v) is 23.8. The fourth-order valence-corrected chi connectivity index (χ4v) is 7.43. The van der Waals surface area contributed by atoms with Crippen LogP contribution in [0.1, 0.15) is 56.3 Å². The van der Waals surface area contributed by atoms with E-state index in [1.807, 2.05) is 6.92 Å². The van der Waals surface area contributed by atoms with E-state index < -0.39 is 22.2 Å². The largest absolute Gasteiger partial charge is 0.488 e. The minimum absolute atomic E-state index is 0.0327. The van der Waals surface area contributed by atoms with Crippen molar-refractivity contribution in [2.75, 3.05) is 32.1 Å². The topological polar surface area (TPSA) is 116 Å². The van der Waals surface area contributed by atoms with Gasteiger partial charge in [-0.15, -0.1) is 11.3 Å². The number of carbonyl (C=O) groups excluding carboxylic acids is 2. The second kappa shape index (κ2) is 12.1. The van der Waals surface area contributed by atoms with E-state index in [1.54, 1.807) is 47.5 Å². The normalized spacial score (nSPS) is 21.8. The van der Waals surface area contributed by atoms with Crippen LogP contribution >= 0.6 is 11.3 Å². The van der Waals surface area contributed by atoms with Gasteiger partial charge in [-0.2, -0.15) is 4.31 Å². The molecule has 2 amide bonds. The molecule has 1 aromatic carbocycles. The van der Waals surface area contributed by atoms with Crippen molar-refractivity contribution >= 4 is 38.9 Å². The van der Waals surface area contributed by atoms with Crippen LogP contribution in [0.5, 0.6) is 5.75 Å². The third-order valence-corrected chi connectivity index (χ3v) is 10.7. The number of amides is 2. The van der Waals surface area contributed by atoms with Crippen molar-refractivity contribution in [3.63, 3.8) is 0 Å². The summed E-state index contributed by atoms with van der Waals surface area (Å²) >= 11 is 1.16. The van der Waals surface area contributed by atoms with Crippen LogP contribution in [0.4, 0.5) is 5.69 Å². The molecular weight excluding hydrogens is 526 g/mol. The van der Waals surface area contributed by atoms with E-state index in [9.17, 15) is 23.1 Å². The average Bonchev–Trinajstić information content (AvgIpc) is 3.47. The molecule has 0 radical (unpaired) electrons. The van der Waals surface area contributed by atoms with Gasteiger partial charge in [0.2, 0.25) is 5.91 Å². The minimum Gasteiger partial charge on any atom is -0.488 e. The number of hydrogen-bond donors (Lipinski definition) is 2. The monoisotopic (exact) mass is 563 g/mol. The van der Waals surface area contributed by atoms with Crippen molar-refractivity contribution in [1.29, 1.82) is 0 Å². The smallest absolute Gasteiger partial charge is 0.258 e. The van der Waals surface area contributed by atoms with Gasteiger partial charge < -0.3 is 20.1 Å². The van der Waals surface area contributed by atoms with Gasteiger partial charge >= 0.3 is 0 Å². The second-order valence-electron chi connectivity index (χ2n) is 10.4. The molecule has 4 rings (SSSR count). The van der Waals surface area contributed by atoms with Crippen molar-refractivity contribution in [3.8, 4) is 5.75 Å². The van der Waals surface area contributed by atoms with E-state index in [1.165, 1.54) is 11.4 Å². The second-order valence-corrected chi connectivity index (χ2v) is 13.6. The van der Waals surface area contributed by atoms with Crippen LogP contribution in [-0.2, 0) is 14.8 Å². The fraction of sp³-hybridized carbons (Fsp3) is 0.556. The van der Waals surface area contributed by atoms with Crippen LogP contribution in [0.3, 0.4) is 0 Å². The third-order valence-electron chi connectivity index (χ3n) is 7.50. The Bertz CT molecular complexity index is 1230. The highest BCUT2D eigenvalue weighted by molar-refractivity contribution is 7.91. The number of aliphatic hydroxyl groups is 1. The van der Waals surface area contributed by atoms with Crippen LogP contribution < -0.4 is 10.1 Å². The molecule has 0 saturated heterocycles. The van der Waals surface area contributed by atoms with Crippen molar-refractivity contribution < 1.29 is 27.9 Å². The summed E-state index contributed by atoms with van der Waals surface area (Å²) in [6.45, 7) is 3.81. The molecule has 208 valence electrons. The minimum atomic E-state index is -3.69. The Hall–Kier alpha value is -2.47. The van der Waals surface area contributed by atoms with Crippen molar-refractivity contribution in [2.24, 2.45) is 11.8 Å². The van der Waals surface area contributed by atoms with Gasteiger partial charge in [0, 0.05) is 31.1 Å². The van der Waals surface area contributed by atoms with E-state index in [4.69, 9.17) is 4.74 Å². The van der Waals surface area contributed by atoms with E-state index in [0.717, 1.165) is 43.4 Å². The maximum absolute atomic E-state index is 13.6. The predicted molar refractivity (Wildman–Crippen MR) is 147 cm³/mol. The number of benzene rings is 1. The van der Waals surface area contributed by atoms with Gasteiger partial charge in [-0.05, 0) is 49.4 Å². The zero-order chi connectivity index (χ0) is 27.4. The van der Waals surface area contributed by atoms with Crippen molar-refractivity contribution in [2.45, 2.75) is 62.3 Å². The summed E-state index contributed by atoms with van der Waals surface area (Å²) in [5.74, 6) is -0.293. The molecule has 0 bridgehead atoms. The Balaban J connectivity index is 1.62. The van der Waals surface area contributed by atoms with Crippen LogP contribution in [0, 0.1) is 11.8 Å². The van der Waals surface area contributed by atoms with E-state index >= 15 is 0 Å². The number of hydrogen-bond acceptors (Lipinski definition) is 7. The number of anilines is 1. The number of likely N-dealkylation sites (N-methyl/N-ethyl adjacent to an activating group) is 1. The summed E-state index contributed by atoms with van der Waals surface area (Å²) in [6.07, 6.45) is 4.40. The Kier molecular flexibility index (Phi) is 9.12. The molecule has 2 heterocycles. The fourth-order valence-electron chi connectivity index (χ4n) is 5.04. The van der Waals surface area contributed by atoms with Crippen LogP contribution in [0.2, 0.25) is 0 Å². The summed E-state index contributed by atoms with van der Waals surface area (Å²) in [5.41, 5.74) is 0.780. The lowest BCUT2D eigenvalue weighted by molar-refractivity contribution is -0.120. The van der Waals surface area contributed by atoms with Crippen molar-refractivity contribution in [3.05, 3.63) is 41.3 Å². The highest BCUT2D eigenvalue weighted by atomic mass is 32.2. The lowest BCUT2D eigenvalue weighted by Gasteiger charge is -2.38. The lowest BCUT2D eigenvalue weighted by atomic mass is 9.88. The molecule has 1 aliphatic carbocycles. The van der Waals surface area contributed by atoms with Crippen LogP contribution in [0.15, 0.2) is 39.9 Å². The molecule has 3 atom stereocenters. The number of ether oxygens (including phenoxy) is 1. The van der Waals surface area contributed by atoms with Gasteiger partial charge in [0.15, 0.2) is 0 Å². The number of carbonyl (C=O) groups is 2. The molecule has 0 unspecified atom stereocenters. The maximum Gasteiger partial charge on any atom is 0.258 e. The highest BCUT2D eigenvalue weighted by Crippen LogP contribution is 2.32. The van der Waals surface area contributed by atoms with Crippen LogP contribution in [-0.4, -0.2) is 73.4 Å². The summed E-state index contributed by atoms with van der Waals surface area (Å²) < 4.78 is 34.0. The number of aliphatic hydroxyl groups excluding tert-OH is 1. The standard InChI is InChI=1S/C27H37N3O6S2/c1-18-15-30(19(2)17-31)27(33)22-14-21(28-26(32)20-8-5-4-6-9-20)11-12-23(22)36-24(18)16-29(3)38(34,35)25-10-7-13-37-25/h7,10-14,18-20,24,31H,4-6,8-9,15-17H2,1-3H3,(H,28,32)/t18-,19+,24-/m0/s1. The van der Waals surface area contributed by atoms with E-state index in [0.29, 0.717) is 11.4 Å². The zero-order valence-electron chi connectivity index (χ0n) is 22.1. The summed E-state index contributed by atoms with van der Waals surface area (Å²) in [5, 5.41) is 14.6. The number of sulfonamides is 1. The van der Waals surface area contributed by atoms with Gasteiger partial charge in [0.25, 0.3) is 15.9 Å². The molecule has 1 fully saturated rings. The van der Waals surface area contributed by atoms with E-state index in [2.05, 4.69) is 5.32 Å². The number of nitrogens with zero attached hydrogens (tertiary/aromatic N) is 2. The number of nitrogens with one attached hydrogen (secondary N) is 1. The molecule has 2 N–H and O–H groups in total. The molecule has 0 spiro atoms. The molecule has 1 aliphatic heterocycles. The lowest BCUT2D eigenvalue weighted by Crippen LogP contribution is -2.50. The number of fused-ring (bicyclic) bond motifs is 1. The average molecular weight is 564 g/mol. The third kappa shape index (κ3) is 6.22. The predicted octanol–water partition coefficient (Wildman–Crippen LogP) is 3.81. The SMILES string of the molecule is C[C@H](CO)N1C[C@H](C)[C@H](CN(C)S(=O)(=O)c2cccs2)Oc2ccc(NC(=O)C3CCCCC3)cc2C1=O. The van der Waals surface area contributed by atoms with Gasteiger partial charge in [0.05, 0.1) is 24.8 Å². The highest BCUT2D eigenvalue weighted by Gasteiger charge is 2.35. The quantitative estimate of drug-likeness (QED) is 0.505. The molecule has 2 aliphatic rings. The molecule has 1 saturated carbocycles. The molecule has 38 heavy (non-hydrogen) atoms. The molecule has 2 aromatic rings. The van der Waals surface area contributed by atoms with Gasteiger partial charge in [-0.1, -0.05) is 32.3 Å². The Morgan fingerprint density at radius 1 is 1.26 bits per heavy atom. The Labute approximate surface area is 228 Å². The summed E-state index contributed by atoms with van der Waals surface area (Å²) in [6, 6.07) is 7.80. The first-order chi connectivity index (χ1) is 18.1. The van der Waals surface area contributed by atoms with Crippen molar-refractivity contribution in [1.82, 2.24) is 9.21 Å². The molecule has 1 aromatic heterocycles. The maximum atomic E-state index is 13.6. The number of thiophene rings is 1. The van der Waals surface area contributed by atoms with Gasteiger partial charge in [-0.3, -0.25) is 9.59 Å².